The van der Waals surface area contributed by atoms with Gasteiger partial charge >= 0.3 is 0 Å². The summed E-state index contributed by atoms with van der Waals surface area (Å²) >= 11 is 0. The molecule has 0 radical (unpaired) electrons. The van der Waals surface area contributed by atoms with E-state index in [0.29, 0.717) is 36.7 Å². The zero-order valence-electron chi connectivity index (χ0n) is 16.7. The Morgan fingerprint density at radius 3 is 2.54 bits per heavy atom. The summed E-state index contributed by atoms with van der Waals surface area (Å²) < 4.78 is 11.5. The predicted molar refractivity (Wildman–Crippen MR) is 105 cm³/mol. The predicted octanol–water partition coefficient (Wildman–Crippen LogP) is 2.07. The van der Waals surface area contributed by atoms with Gasteiger partial charge in [0.15, 0.2) is 0 Å². The molecule has 0 aromatic heterocycles. The van der Waals surface area contributed by atoms with Gasteiger partial charge in [0, 0.05) is 39.4 Å². The summed E-state index contributed by atoms with van der Waals surface area (Å²) in [6.45, 7) is 3.51. The molecule has 0 bridgehead atoms. The van der Waals surface area contributed by atoms with Crippen LogP contribution in [-0.4, -0.2) is 72.2 Å². The van der Waals surface area contributed by atoms with Gasteiger partial charge in [-0.25, -0.2) is 0 Å². The van der Waals surface area contributed by atoms with Gasteiger partial charge in [-0.2, -0.15) is 0 Å². The maximum Gasteiger partial charge on any atom is 0.258 e. The topological polar surface area (TPSA) is 79.3 Å². The second-order valence-electron chi connectivity index (χ2n) is 7.52. The third-order valence-electron chi connectivity index (χ3n) is 5.70. The lowest BCUT2D eigenvalue weighted by Crippen LogP contribution is -2.46. The highest BCUT2D eigenvalue weighted by atomic mass is 16.5. The van der Waals surface area contributed by atoms with Gasteiger partial charge in [0.2, 0.25) is 5.91 Å². The average Bonchev–Trinajstić information content (AvgIpc) is 2.73. The Bertz CT molecular complexity index is 700. The quantitative estimate of drug-likeness (QED) is 0.833. The number of carbonyl (C=O) groups excluding carboxylic acids is 2. The fourth-order valence-corrected chi connectivity index (χ4v) is 3.99. The summed E-state index contributed by atoms with van der Waals surface area (Å²) in [4.78, 5) is 28.4. The normalized spacial score (nSPS) is 20.8. The molecule has 0 spiro atoms. The van der Waals surface area contributed by atoms with Crippen LogP contribution in [0, 0.1) is 0 Å². The lowest BCUT2D eigenvalue weighted by atomic mass is 10.0. The molecular formula is C21H30N2O5. The van der Waals surface area contributed by atoms with Gasteiger partial charge in [0.25, 0.3) is 5.91 Å². The number of hydrogen-bond acceptors (Lipinski definition) is 5. The van der Waals surface area contributed by atoms with Crippen molar-refractivity contribution < 1.29 is 24.2 Å². The zero-order valence-corrected chi connectivity index (χ0v) is 16.7. The number of aliphatic hydroxyl groups excluding tert-OH is 1. The van der Waals surface area contributed by atoms with Crippen LogP contribution >= 0.6 is 0 Å². The Kier molecular flexibility index (Phi) is 6.78. The van der Waals surface area contributed by atoms with Gasteiger partial charge in [-0.05, 0) is 37.5 Å². The van der Waals surface area contributed by atoms with E-state index in [0.717, 1.165) is 32.1 Å². The molecule has 0 aliphatic carbocycles. The Hall–Kier alpha value is -2.28. The summed E-state index contributed by atoms with van der Waals surface area (Å²) in [6.07, 6.45) is 4.21. The minimum atomic E-state index is -0.154. The molecular weight excluding hydrogens is 360 g/mol. The molecule has 2 amide bonds. The highest BCUT2D eigenvalue weighted by molar-refractivity contribution is 5.97. The van der Waals surface area contributed by atoms with Gasteiger partial charge in [-0.3, -0.25) is 9.59 Å². The van der Waals surface area contributed by atoms with E-state index in [1.54, 1.807) is 37.1 Å². The lowest BCUT2D eigenvalue weighted by Gasteiger charge is -2.35. The van der Waals surface area contributed by atoms with Crippen molar-refractivity contribution in [1.29, 1.82) is 0 Å². The maximum atomic E-state index is 13.3. The van der Waals surface area contributed by atoms with Crippen LogP contribution in [0.5, 0.6) is 11.5 Å². The van der Waals surface area contributed by atoms with Crippen molar-refractivity contribution in [2.75, 3.05) is 33.4 Å². The van der Waals surface area contributed by atoms with Crippen molar-refractivity contribution in [2.24, 2.45) is 0 Å². The highest BCUT2D eigenvalue weighted by Crippen LogP contribution is 2.30. The molecule has 1 aromatic carbocycles. The Morgan fingerprint density at radius 1 is 1.14 bits per heavy atom. The van der Waals surface area contributed by atoms with Crippen LogP contribution in [0.3, 0.4) is 0 Å². The summed E-state index contributed by atoms with van der Waals surface area (Å²) in [5, 5.41) is 9.68. The van der Waals surface area contributed by atoms with Crippen LogP contribution in [0.1, 0.15) is 49.4 Å². The molecule has 2 aliphatic rings. The van der Waals surface area contributed by atoms with E-state index in [1.807, 2.05) is 4.90 Å². The molecule has 7 heteroatoms. The van der Waals surface area contributed by atoms with Crippen LogP contribution in [0.4, 0.5) is 0 Å². The Labute approximate surface area is 166 Å². The fourth-order valence-electron chi connectivity index (χ4n) is 3.99. The molecule has 1 aromatic rings. The molecule has 2 heterocycles. The molecule has 7 nitrogen and oxygen atoms in total. The van der Waals surface area contributed by atoms with E-state index in [1.165, 1.54) is 0 Å². The van der Waals surface area contributed by atoms with E-state index < -0.39 is 0 Å². The number of benzene rings is 1. The maximum absolute atomic E-state index is 13.3. The minimum absolute atomic E-state index is 0.0323. The van der Waals surface area contributed by atoms with Crippen LogP contribution in [0.25, 0.3) is 0 Å². The first-order chi connectivity index (χ1) is 13.5. The molecule has 3 rings (SSSR count). The van der Waals surface area contributed by atoms with Gasteiger partial charge in [0.1, 0.15) is 17.6 Å². The number of methoxy groups -OCH3 is 1. The molecule has 1 N–H and O–H groups in total. The Balaban J connectivity index is 1.78. The largest absolute Gasteiger partial charge is 0.497 e. The number of aliphatic hydroxyl groups is 1. The summed E-state index contributed by atoms with van der Waals surface area (Å²) in [5.41, 5.74) is 0.466. The van der Waals surface area contributed by atoms with Crippen LogP contribution in [-0.2, 0) is 4.79 Å². The van der Waals surface area contributed by atoms with E-state index in [4.69, 9.17) is 9.47 Å². The van der Waals surface area contributed by atoms with E-state index in [9.17, 15) is 14.7 Å². The highest BCUT2D eigenvalue weighted by Gasteiger charge is 2.30. The molecule has 1 atom stereocenters. The molecule has 0 saturated carbocycles. The summed E-state index contributed by atoms with van der Waals surface area (Å²) in [7, 11) is 1.57. The smallest absolute Gasteiger partial charge is 0.258 e. The van der Waals surface area contributed by atoms with E-state index >= 15 is 0 Å². The SMILES string of the molecule is COc1ccc(OC2CCN(C(C)=O)CC2)c(C(=O)N2CCCC[C@H]2CO)c1. The summed E-state index contributed by atoms with van der Waals surface area (Å²) in [6, 6.07) is 5.13. The van der Waals surface area contributed by atoms with Crippen molar-refractivity contribution >= 4 is 11.8 Å². The number of ether oxygens (including phenoxy) is 2. The van der Waals surface area contributed by atoms with Gasteiger partial charge in [-0.15, -0.1) is 0 Å². The monoisotopic (exact) mass is 390 g/mol. The number of hydrogen-bond donors (Lipinski definition) is 1. The van der Waals surface area contributed by atoms with Crippen LogP contribution in [0.2, 0.25) is 0 Å². The van der Waals surface area contributed by atoms with E-state index in [2.05, 4.69) is 0 Å². The third kappa shape index (κ3) is 4.58. The molecule has 0 unspecified atom stereocenters. The fraction of sp³-hybridized carbons (Fsp3) is 0.619. The van der Waals surface area contributed by atoms with Crippen molar-refractivity contribution in [3.8, 4) is 11.5 Å². The molecule has 2 saturated heterocycles. The number of likely N-dealkylation sites (tertiary alicyclic amines) is 2. The number of amides is 2. The first-order valence-electron chi connectivity index (χ1n) is 10.1. The van der Waals surface area contributed by atoms with Crippen molar-refractivity contribution in [3.63, 3.8) is 0 Å². The average molecular weight is 390 g/mol. The molecule has 2 aliphatic heterocycles. The van der Waals surface area contributed by atoms with Crippen molar-refractivity contribution in [2.45, 2.75) is 51.2 Å². The minimum Gasteiger partial charge on any atom is -0.497 e. The zero-order chi connectivity index (χ0) is 20.1. The Morgan fingerprint density at radius 2 is 1.89 bits per heavy atom. The second-order valence-corrected chi connectivity index (χ2v) is 7.52. The number of rotatable bonds is 5. The molecule has 28 heavy (non-hydrogen) atoms. The van der Waals surface area contributed by atoms with Crippen LogP contribution < -0.4 is 9.47 Å². The number of carbonyl (C=O) groups is 2. The van der Waals surface area contributed by atoms with Crippen molar-refractivity contribution in [1.82, 2.24) is 9.80 Å². The number of piperidine rings is 2. The standard InChI is InChI=1S/C21H30N2O5/c1-15(25)22-11-8-17(9-12-22)28-20-7-6-18(27-2)13-19(20)21(26)23-10-4-3-5-16(23)14-24/h6-7,13,16-17,24H,3-5,8-12,14H2,1-2H3/t16-/m0/s1. The first kappa shape index (κ1) is 20.5. The first-order valence-corrected chi connectivity index (χ1v) is 10.1. The number of nitrogens with zero attached hydrogens (tertiary/aromatic N) is 2. The third-order valence-corrected chi connectivity index (χ3v) is 5.70. The second kappa shape index (κ2) is 9.28. The van der Waals surface area contributed by atoms with Crippen LogP contribution in [0.15, 0.2) is 18.2 Å². The van der Waals surface area contributed by atoms with E-state index in [-0.39, 0.29) is 30.6 Å². The molecule has 2 fully saturated rings. The van der Waals surface area contributed by atoms with Gasteiger partial charge < -0.3 is 24.4 Å². The van der Waals surface area contributed by atoms with Gasteiger partial charge in [-0.1, -0.05) is 0 Å². The van der Waals surface area contributed by atoms with Gasteiger partial charge in [0.05, 0.1) is 25.3 Å². The lowest BCUT2D eigenvalue weighted by molar-refractivity contribution is -0.130. The molecule has 154 valence electrons. The van der Waals surface area contributed by atoms with Crippen molar-refractivity contribution in [3.05, 3.63) is 23.8 Å². The summed E-state index contributed by atoms with van der Waals surface area (Å²) in [5.74, 6) is 1.08.